The lowest BCUT2D eigenvalue weighted by Crippen LogP contribution is -2.42. The lowest BCUT2D eigenvalue weighted by atomic mass is 9.80. The molecule has 2 aliphatic carbocycles. The first kappa shape index (κ1) is 15.1. The zero-order valence-electron chi connectivity index (χ0n) is 14.0. The van der Waals surface area contributed by atoms with E-state index < -0.39 is 0 Å². The highest BCUT2D eigenvalue weighted by Crippen LogP contribution is 2.37. The molecule has 1 N–H and O–H groups in total. The van der Waals surface area contributed by atoms with E-state index in [4.69, 9.17) is 4.98 Å². The summed E-state index contributed by atoms with van der Waals surface area (Å²) in [6.45, 7) is 7.88. The van der Waals surface area contributed by atoms with E-state index in [1.165, 1.54) is 62.9 Å². The number of rotatable bonds is 4. The van der Waals surface area contributed by atoms with E-state index in [9.17, 15) is 0 Å². The number of aromatic nitrogens is 2. The third-order valence-corrected chi connectivity index (χ3v) is 5.65. The molecule has 3 heteroatoms. The van der Waals surface area contributed by atoms with Gasteiger partial charge in [-0.3, -0.25) is 0 Å². The van der Waals surface area contributed by atoms with Crippen LogP contribution in [0.4, 0.5) is 0 Å². The summed E-state index contributed by atoms with van der Waals surface area (Å²) < 4.78 is 2.63. The molecule has 3 unspecified atom stereocenters. The van der Waals surface area contributed by atoms with Gasteiger partial charge in [0.05, 0.1) is 11.7 Å². The second-order valence-electron chi connectivity index (χ2n) is 6.95. The topological polar surface area (TPSA) is 29.9 Å². The fourth-order valence-electron chi connectivity index (χ4n) is 4.53. The number of hydrogen-bond acceptors (Lipinski definition) is 2. The Morgan fingerprint density at radius 1 is 1.19 bits per heavy atom. The smallest absolute Gasteiger partial charge is 0.106 e. The number of hydrogen-bond donors (Lipinski definition) is 1. The van der Waals surface area contributed by atoms with Crippen LogP contribution < -0.4 is 5.32 Å². The number of likely N-dealkylation sites (N-methyl/N-ethyl adjacent to an activating group) is 1. The lowest BCUT2D eigenvalue weighted by molar-refractivity contribution is 0.198. The van der Waals surface area contributed by atoms with Crippen molar-refractivity contribution in [1.29, 1.82) is 0 Å². The molecule has 1 aromatic heterocycles. The predicted molar refractivity (Wildman–Crippen MR) is 87.7 cm³/mol. The molecule has 0 aliphatic heterocycles. The third kappa shape index (κ3) is 2.90. The van der Waals surface area contributed by atoms with Crippen LogP contribution in [0.2, 0.25) is 0 Å². The quantitative estimate of drug-likeness (QED) is 0.913. The average molecular weight is 289 g/mol. The Labute approximate surface area is 129 Å². The van der Waals surface area contributed by atoms with Crippen LogP contribution in [0.1, 0.15) is 75.6 Å². The molecule has 118 valence electrons. The summed E-state index contributed by atoms with van der Waals surface area (Å²) in [5, 5.41) is 3.75. The molecule has 3 nitrogen and oxygen atoms in total. The SMILES string of the molecule is CCNC1CCC(CC)CC1n1c(C)nc2c1CCCC2. The molecule has 0 bridgehead atoms. The van der Waals surface area contributed by atoms with E-state index in [-0.39, 0.29) is 0 Å². The van der Waals surface area contributed by atoms with Crippen LogP contribution in [0.25, 0.3) is 0 Å². The van der Waals surface area contributed by atoms with Crippen LogP contribution in [0.5, 0.6) is 0 Å². The highest BCUT2D eigenvalue weighted by molar-refractivity contribution is 5.21. The van der Waals surface area contributed by atoms with E-state index in [2.05, 4.69) is 30.7 Å². The molecule has 1 fully saturated rings. The highest BCUT2D eigenvalue weighted by Gasteiger charge is 2.33. The number of aryl methyl sites for hydroxylation is 2. The molecule has 1 aromatic rings. The number of nitrogens with one attached hydrogen (secondary N) is 1. The maximum atomic E-state index is 4.91. The zero-order valence-corrected chi connectivity index (χ0v) is 14.0. The van der Waals surface area contributed by atoms with Crippen LogP contribution in [0.15, 0.2) is 0 Å². The van der Waals surface area contributed by atoms with Gasteiger partial charge >= 0.3 is 0 Å². The molecule has 1 saturated carbocycles. The van der Waals surface area contributed by atoms with Gasteiger partial charge in [0.2, 0.25) is 0 Å². The number of nitrogens with zero attached hydrogens (tertiary/aromatic N) is 2. The van der Waals surface area contributed by atoms with Gasteiger partial charge < -0.3 is 9.88 Å². The first-order valence-corrected chi connectivity index (χ1v) is 9.04. The minimum absolute atomic E-state index is 0.623. The Hall–Kier alpha value is -0.830. The summed E-state index contributed by atoms with van der Waals surface area (Å²) in [6.07, 6.45) is 10.5. The fourth-order valence-corrected chi connectivity index (χ4v) is 4.53. The zero-order chi connectivity index (χ0) is 14.8. The van der Waals surface area contributed by atoms with Crippen molar-refractivity contribution in [2.75, 3.05) is 6.54 Å². The van der Waals surface area contributed by atoms with Gasteiger partial charge in [0.25, 0.3) is 0 Å². The number of fused-ring (bicyclic) bond motifs is 1. The lowest BCUT2D eigenvalue weighted by Gasteiger charge is -2.39. The molecule has 0 radical (unpaired) electrons. The Morgan fingerprint density at radius 3 is 2.76 bits per heavy atom. The summed E-state index contributed by atoms with van der Waals surface area (Å²) in [5.74, 6) is 2.15. The van der Waals surface area contributed by atoms with Crippen LogP contribution in [0, 0.1) is 12.8 Å². The van der Waals surface area contributed by atoms with Gasteiger partial charge in [0.1, 0.15) is 5.82 Å². The minimum atomic E-state index is 0.623. The van der Waals surface area contributed by atoms with Crippen molar-refractivity contribution in [3.8, 4) is 0 Å². The predicted octanol–water partition coefficient (Wildman–Crippen LogP) is 3.80. The van der Waals surface area contributed by atoms with E-state index in [0.29, 0.717) is 12.1 Å². The van der Waals surface area contributed by atoms with Crippen molar-refractivity contribution in [3.05, 3.63) is 17.2 Å². The van der Waals surface area contributed by atoms with E-state index in [1.54, 1.807) is 5.69 Å². The summed E-state index contributed by atoms with van der Waals surface area (Å²) in [6, 6.07) is 1.26. The van der Waals surface area contributed by atoms with Crippen molar-refractivity contribution >= 4 is 0 Å². The van der Waals surface area contributed by atoms with Gasteiger partial charge in [0.15, 0.2) is 0 Å². The van der Waals surface area contributed by atoms with E-state index in [1.807, 2.05) is 0 Å². The Balaban J connectivity index is 1.93. The molecule has 0 spiro atoms. The summed E-state index contributed by atoms with van der Waals surface area (Å²) in [5.41, 5.74) is 2.95. The highest BCUT2D eigenvalue weighted by atomic mass is 15.2. The molecule has 1 heterocycles. The largest absolute Gasteiger partial charge is 0.327 e. The Kier molecular flexibility index (Phi) is 4.68. The molecule has 0 aromatic carbocycles. The molecule has 3 rings (SSSR count). The van der Waals surface area contributed by atoms with Gasteiger partial charge in [-0.05, 0) is 64.3 Å². The number of imidazole rings is 1. The van der Waals surface area contributed by atoms with E-state index in [0.717, 1.165) is 12.5 Å². The Morgan fingerprint density at radius 2 is 2.00 bits per heavy atom. The molecule has 3 atom stereocenters. The first-order chi connectivity index (χ1) is 10.2. The second-order valence-corrected chi connectivity index (χ2v) is 6.95. The maximum absolute atomic E-state index is 4.91. The average Bonchev–Trinajstić information content (AvgIpc) is 2.84. The fraction of sp³-hybridized carbons (Fsp3) is 0.833. The molecular formula is C18H31N3. The molecule has 0 saturated heterocycles. The van der Waals surface area contributed by atoms with Crippen molar-refractivity contribution in [1.82, 2.24) is 14.9 Å². The van der Waals surface area contributed by atoms with Crippen LogP contribution in [-0.2, 0) is 12.8 Å². The molecule has 0 amide bonds. The maximum Gasteiger partial charge on any atom is 0.106 e. The first-order valence-electron chi connectivity index (χ1n) is 9.04. The van der Waals surface area contributed by atoms with Gasteiger partial charge in [-0.1, -0.05) is 20.3 Å². The van der Waals surface area contributed by atoms with Gasteiger partial charge in [-0.2, -0.15) is 0 Å². The summed E-state index contributed by atoms with van der Waals surface area (Å²) in [7, 11) is 0. The van der Waals surface area contributed by atoms with Crippen molar-refractivity contribution in [3.63, 3.8) is 0 Å². The molecule has 21 heavy (non-hydrogen) atoms. The standard InChI is InChI=1S/C18H31N3/c1-4-14-10-11-15(19-5-2)18(12-14)21-13(3)20-16-8-6-7-9-17(16)21/h14-15,18-19H,4-12H2,1-3H3. The normalized spacial score (nSPS) is 29.4. The van der Waals surface area contributed by atoms with Crippen LogP contribution in [0.3, 0.4) is 0 Å². The van der Waals surface area contributed by atoms with Crippen molar-refractivity contribution in [2.24, 2.45) is 5.92 Å². The summed E-state index contributed by atoms with van der Waals surface area (Å²) >= 11 is 0. The molecule has 2 aliphatic rings. The minimum Gasteiger partial charge on any atom is -0.327 e. The molecular weight excluding hydrogens is 258 g/mol. The Bertz CT molecular complexity index is 477. The van der Waals surface area contributed by atoms with E-state index >= 15 is 0 Å². The van der Waals surface area contributed by atoms with Crippen LogP contribution in [-0.4, -0.2) is 22.1 Å². The van der Waals surface area contributed by atoms with Gasteiger partial charge in [0, 0.05) is 11.7 Å². The summed E-state index contributed by atoms with van der Waals surface area (Å²) in [4.78, 5) is 4.91. The van der Waals surface area contributed by atoms with Crippen molar-refractivity contribution < 1.29 is 0 Å². The monoisotopic (exact) mass is 289 g/mol. The third-order valence-electron chi connectivity index (χ3n) is 5.65. The second kappa shape index (κ2) is 6.51. The van der Waals surface area contributed by atoms with Gasteiger partial charge in [-0.15, -0.1) is 0 Å². The van der Waals surface area contributed by atoms with Crippen molar-refractivity contribution in [2.45, 2.75) is 84.2 Å². The van der Waals surface area contributed by atoms with Gasteiger partial charge in [-0.25, -0.2) is 4.98 Å². The van der Waals surface area contributed by atoms with Crippen LogP contribution >= 0.6 is 0 Å².